The lowest BCUT2D eigenvalue weighted by atomic mass is 9.79. The Labute approximate surface area is 135 Å². The second kappa shape index (κ2) is 6.90. The second-order valence-corrected chi connectivity index (χ2v) is 6.15. The molecule has 23 heavy (non-hydrogen) atoms. The van der Waals surface area contributed by atoms with Crippen LogP contribution in [0.1, 0.15) is 36.0 Å². The van der Waals surface area contributed by atoms with E-state index in [9.17, 15) is 4.79 Å². The van der Waals surface area contributed by atoms with Crippen molar-refractivity contribution in [3.05, 3.63) is 24.3 Å². The third-order valence-corrected chi connectivity index (χ3v) is 5.05. The maximum atomic E-state index is 12.8. The van der Waals surface area contributed by atoms with Crippen LogP contribution in [0.15, 0.2) is 18.7 Å². The van der Waals surface area contributed by atoms with Gasteiger partial charge in [-0.15, -0.1) is 0 Å². The van der Waals surface area contributed by atoms with Crippen molar-refractivity contribution in [2.45, 2.75) is 43.4 Å². The number of likely N-dealkylation sites (tertiary alicyclic amines) is 1. The summed E-state index contributed by atoms with van der Waals surface area (Å²) in [6.07, 6.45) is 7.87. The first-order valence-electron chi connectivity index (χ1n) is 8.04. The Kier molecular flexibility index (Phi) is 4.89. The van der Waals surface area contributed by atoms with Crippen molar-refractivity contribution in [1.29, 1.82) is 0 Å². The van der Waals surface area contributed by atoms with Gasteiger partial charge in [0, 0.05) is 26.0 Å². The van der Waals surface area contributed by atoms with Crippen LogP contribution in [-0.2, 0) is 9.47 Å². The van der Waals surface area contributed by atoms with Crippen molar-refractivity contribution in [3.63, 3.8) is 0 Å². The summed E-state index contributed by atoms with van der Waals surface area (Å²) >= 11 is 0. The Morgan fingerprint density at radius 3 is 2.91 bits per heavy atom. The minimum absolute atomic E-state index is 0.0145. The number of rotatable bonds is 5. The van der Waals surface area contributed by atoms with Crippen molar-refractivity contribution >= 4 is 5.91 Å². The first-order valence-corrected chi connectivity index (χ1v) is 8.04. The lowest BCUT2D eigenvalue weighted by molar-refractivity contribution is -0.0992. The van der Waals surface area contributed by atoms with E-state index in [4.69, 9.17) is 14.6 Å². The predicted molar refractivity (Wildman–Crippen MR) is 81.9 cm³/mol. The number of carbonyl (C=O) groups excluding carboxylic acids is 1. The Morgan fingerprint density at radius 2 is 2.22 bits per heavy atom. The number of aromatic nitrogens is 2. The van der Waals surface area contributed by atoms with Crippen molar-refractivity contribution in [2.75, 3.05) is 26.9 Å². The molecule has 0 radical (unpaired) electrons. The molecule has 0 unspecified atom stereocenters. The molecule has 1 N–H and O–H groups in total. The van der Waals surface area contributed by atoms with Crippen molar-refractivity contribution in [1.82, 2.24) is 14.9 Å². The molecule has 1 aromatic rings. The maximum Gasteiger partial charge on any atom is 0.257 e. The van der Waals surface area contributed by atoms with Gasteiger partial charge in [-0.05, 0) is 25.7 Å². The number of hydrogen-bond acceptors (Lipinski definition) is 6. The first-order chi connectivity index (χ1) is 11.2. The minimum atomic E-state index is -0.287. The van der Waals surface area contributed by atoms with Crippen LogP contribution >= 0.6 is 0 Å². The number of ether oxygens (including phenoxy) is 2. The smallest absolute Gasteiger partial charge is 0.257 e. The van der Waals surface area contributed by atoms with Crippen molar-refractivity contribution in [3.8, 4) is 0 Å². The minimum Gasteiger partial charge on any atom is -0.394 e. The van der Waals surface area contributed by atoms with E-state index in [0.717, 1.165) is 25.7 Å². The molecule has 2 fully saturated rings. The number of fused-ring (bicyclic) bond motifs is 1. The zero-order valence-electron chi connectivity index (χ0n) is 13.4. The highest BCUT2D eigenvalue weighted by Crippen LogP contribution is 2.43. The molecule has 126 valence electrons. The monoisotopic (exact) mass is 321 g/mol. The third kappa shape index (κ3) is 3.08. The molecule has 7 heteroatoms. The Morgan fingerprint density at radius 1 is 1.43 bits per heavy atom. The van der Waals surface area contributed by atoms with Crippen molar-refractivity contribution in [2.24, 2.45) is 0 Å². The van der Waals surface area contributed by atoms with Crippen molar-refractivity contribution < 1.29 is 19.4 Å². The molecule has 0 bridgehead atoms. The number of hydrogen-bond donors (Lipinski definition) is 1. The van der Waals surface area contributed by atoms with Crippen LogP contribution in [0.4, 0.5) is 0 Å². The zero-order chi connectivity index (χ0) is 16.3. The molecule has 1 saturated carbocycles. The normalized spacial score (nSPS) is 30.3. The van der Waals surface area contributed by atoms with Gasteiger partial charge in [-0.3, -0.25) is 4.79 Å². The van der Waals surface area contributed by atoms with Crippen LogP contribution in [0.25, 0.3) is 0 Å². The van der Waals surface area contributed by atoms with Crippen LogP contribution < -0.4 is 0 Å². The lowest BCUT2D eigenvalue weighted by Crippen LogP contribution is -2.53. The van der Waals surface area contributed by atoms with Gasteiger partial charge in [-0.25, -0.2) is 9.97 Å². The summed E-state index contributed by atoms with van der Waals surface area (Å²) < 4.78 is 11.5. The van der Waals surface area contributed by atoms with E-state index >= 15 is 0 Å². The standard InChI is InChI=1S/C16H23N3O4/c1-22-16-3-2-13(23-7-6-20)8-14(16)19(5-4-16)15(21)12-9-17-11-18-10-12/h9-11,13-14,20H,2-8H2,1H3/t13-,14-,16+/m0/s1. The molecule has 7 nitrogen and oxygen atoms in total. The number of methoxy groups -OCH3 is 1. The lowest BCUT2D eigenvalue weighted by Gasteiger charge is -2.43. The highest BCUT2D eigenvalue weighted by Gasteiger charge is 2.52. The van der Waals surface area contributed by atoms with Gasteiger partial charge in [0.25, 0.3) is 5.91 Å². The fraction of sp³-hybridized carbons (Fsp3) is 0.688. The fourth-order valence-electron chi connectivity index (χ4n) is 3.85. The first kappa shape index (κ1) is 16.3. The summed E-state index contributed by atoms with van der Waals surface area (Å²) in [7, 11) is 1.72. The van der Waals surface area contributed by atoms with Gasteiger partial charge in [-0.2, -0.15) is 0 Å². The molecule has 3 rings (SSSR count). The van der Waals surface area contributed by atoms with Gasteiger partial charge in [0.15, 0.2) is 0 Å². The highest BCUT2D eigenvalue weighted by molar-refractivity contribution is 5.94. The molecule has 1 aliphatic carbocycles. The van der Waals surface area contributed by atoms with Crippen LogP contribution in [0.5, 0.6) is 0 Å². The van der Waals surface area contributed by atoms with Crippen LogP contribution in [0, 0.1) is 0 Å². The quantitative estimate of drug-likeness (QED) is 0.856. The number of carbonyl (C=O) groups is 1. The molecule has 0 aromatic carbocycles. The summed E-state index contributed by atoms with van der Waals surface area (Å²) in [5.74, 6) is -0.0580. The van der Waals surface area contributed by atoms with Gasteiger partial charge >= 0.3 is 0 Å². The van der Waals surface area contributed by atoms with Crippen LogP contribution in [0.3, 0.4) is 0 Å². The van der Waals surface area contributed by atoms with E-state index in [1.54, 1.807) is 19.5 Å². The van der Waals surface area contributed by atoms with Gasteiger partial charge in [-0.1, -0.05) is 0 Å². The van der Waals surface area contributed by atoms with E-state index in [0.29, 0.717) is 18.7 Å². The summed E-state index contributed by atoms with van der Waals surface area (Å²) in [5, 5.41) is 8.94. The molecular weight excluding hydrogens is 298 g/mol. The summed E-state index contributed by atoms with van der Waals surface area (Å²) in [4.78, 5) is 22.5. The molecule has 1 aliphatic heterocycles. The molecule has 2 heterocycles. The number of aliphatic hydroxyl groups is 1. The van der Waals surface area contributed by atoms with E-state index in [1.165, 1.54) is 6.33 Å². The summed E-state index contributed by atoms with van der Waals surface area (Å²) in [5.41, 5.74) is 0.211. The SMILES string of the molecule is CO[C@@]12CC[C@H](OCCO)C[C@@H]1N(C(=O)c1cncnc1)CC2. The van der Waals surface area contributed by atoms with Gasteiger partial charge in [0.1, 0.15) is 6.33 Å². The van der Waals surface area contributed by atoms with Gasteiger partial charge < -0.3 is 19.5 Å². The Balaban J connectivity index is 1.78. The summed E-state index contributed by atoms with van der Waals surface area (Å²) in [6.45, 7) is 1.01. The third-order valence-electron chi connectivity index (χ3n) is 5.05. The zero-order valence-corrected chi connectivity index (χ0v) is 13.4. The van der Waals surface area contributed by atoms with E-state index in [2.05, 4.69) is 9.97 Å². The van der Waals surface area contributed by atoms with E-state index in [1.807, 2.05) is 4.90 Å². The molecular formula is C16H23N3O4. The molecule has 2 aliphatic rings. The molecule has 0 spiro atoms. The van der Waals surface area contributed by atoms with E-state index in [-0.39, 0.29) is 30.3 Å². The maximum absolute atomic E-state index is 12.8. The summed E-state index contributed by atoms with van der Waals surface area (Å²) in [6, 6.07) is -0.0161. The highest BCUT2D eigenvalue weighted by atomic mass is 16.5. The molecule has 1 saturated heterocycles. The molecule has 3 atom stereocenters. The predicted octanol–water partition coefficient (Wildman–Crippen LogP) is 0.638. The number of amides is 1. The van der Waals surface area contributed by atoms with Gasteiger partial charge in [0.2, 0.25) is 0 Å². The number of aliphatic hydroxyl groups excluding tert-OH is 1. The van der Waals surface area contributed by atoms with Crippen LogP contribution in [0.2, 0.25) is 0 Å². The molecule has 1 aromatic heterocycles. The average Bonchev–Trinajstić information content (AvgIpc) is 2.99. The van der Waals surface area contributed by atoms with Crippen LogP contribution in [-0.4, -0.2) is 70.5 Å². The number of nitrogens with zero attached hydrogens (tertiary/aromatic N) is 3. The van der Waals surface area contributed by atoms with E-state index < -0.39 is 0 Å². The average molecular weight is 321 g/mol. The molecule has 1 amide bonds. The fourth-order valence-corrected chi connectivity index (χ4v) is 3.85. The Hall–Kier alpha value is -1.57. The second-order valence-electron chi connectivity index (χ2n) is 6.15. The van der Waals surface area contributed by atoms with Gasteiger partial charge in [0.05, 0.1) is 36.5 Å². The topological polar surface area (TPSA) is 84.8 Å². The largest absolute Gasteiger partial charge is 0.394 e. The Bertz CT molecular complexity index is 541.